The first-order chi connectivity index (χ1) is 7.47. The van der Waals surface area contributed by atoms with Gasteiger partial charge in [0.25, 0.3) is 0 Å². The molecule has 1 saturated heterocycles. The molecular weight excluding hydrogens is 198 g/mol. The Balaban J connectivity index is 2.04. The van der Waals surface area contributed by atoms with Crippen molar-refractivity contribution in [1.29, 1.82) is 0 Å². The van der Waals surface area contributed by atoms with Crippen molar-refractivity contribution in [2.24, 2.45) is 0 Å². The van der Waals surface area contributed by atoms with Crippen molar-refractivity contribution >= 4 is 0 Å². The molecule has 1 aromatic rings. The average molecular weight is 221 g/mol. The molecule has 0 saturated carbocycles. The van der Waals surface area contributed by atoms with Gasteiger partial charge in [0.1, 0.15) is 0 Å². The quantitative estimate of drug-likeness (QED) is 0.765. The Kier molecular flexibility index (Phi) is 3.06. The highest BCUT2D eigenvalue weighted by Crippen LogP contribution is 2.27. The Hall–Kier alpha value is -0.830. The van der Waals surface area contributed by atoms with E-state index in [1.54, 1.807) is 0 Å². The molecule has 0 aliphatic carbocycles. The van der Waals surface area contributed by atoms with Crippen LogP contribution in [-0.2, 0) is 6.54 Å². The Morgan fingerprint density at radius 3 is 2.75 bits per heavy atom. The Labute approximate surface area is 98.5 Å². The molecule has 16 heavy (non-hydrogen) atoms. The average Bonchev–Trinajstić information content (AvgIpc) is 2.74. The molecule has 0 amide bonds. The Morgan fingerprint density at radius 2 is 2.19 bits per heavy atom. The van der Waals surface area contributed by atoms with E-state index < -0.39 is 0 Å². The molecule has 1 aliphatic rings. The van der Waals surface area contributed by atoms with Crippen LogP contribution in [0.3, 0.4) is 0 Å². The van der Waals surface area contributed by atoms with Gasteiger partial charge in [0.15, 0.2) is 0 Å². The van der Waals surface area contributed by atoms with Crippen molar-refractivity contribution in [2.75, 3.05) is 6.54 Å². The van der Waals surface area contributed by atoms with Gasteiger partial charge in [0.05, 0.1) is 12.0 Å². The molecule has 3 heteroatoms. The molecule has 0 spiro atoms. The molecule has 1 atom stereocenters. The van der Waals surface area contributed by atoms with Gasteiger partial charge in [0.2, 0.25) is 0 Å². The van der Waals surface area contributed by atoms with E-state index in [4.69, 9.17) is 0 Å². The number of imidazole rings is 1. The summed E-state index contributed by atoms with van der Waals surface area (Å²) in [6.07, 6.45) is 6.73. The molecule has 1 aliphatic heterocycles. The van der Waals surface area contributed by atoms with Gasteiger partial charge < -0.3 is 4.57 Å². The van der Waals surface area contributed by atoms with E-state index in [1.165, 1.54) is 19.4 Å². The third-order valence-corrected chi connectivity index (χ3v) is 3.42. The maximum atomic E-state index is 4.29. The SMILES string of the molecule is Cc1cn(CC2CCCN2C(C)(C)C)cn1. The van der Waals surface area contributed by atoms with Crippen LogP contribution in [0.15, 0.2) is 12.5 Å². The van der Waals surface area contributed by atoms with Gasteiger partial charge >= 0.3 is 0 Å². The summed E-state index contributed by atoms with van der Waals surface area (Å²) in [5.74, 6) is 0. The largest absolute Gasteiger partial charge is 0.336 e. The Bertz CT molecular complexity index is 348. The smallest absolute Gasteiger partial charge is 0.0949 e. The molecule has 2 heterocycles. The van der Waals surface area contributed by atoms with Crippen LogP contribution in [0.2, 0.25) is 0 Å². The minimum absolute atomic E-state index is 0.288. The molecule has 3 nitrogen and oxygen atoms in total. The topological polar surface area (TPSA) is 21.1 Å². The fourth-order valence-electron chi connectivity index (χ4n) is 2.72. The molecular formula is C13H23N3. The highest BCUT2D eigenvalue weighted by molar-refractivity contribution is 4.95. The zero-order valence-corrected chi connectivity index (χ0v) is 10.9. The summed E-state index contributed by atoms with van der Waals surface area (Å²) in [5.41, 5.74) is 1.40. The van der Waals surface area contributed by atoms with Crippen molar-refractivity contribution in [1.82, 2.24) is 14.5 Å². The summed E-state index contributed by atoms with van der Waals surface area (Å²) in [6, 6.07) is 0.675. The fourth-order valence-corrected chi connectivity index (χ4v) is 2.72. The van der Waals surface area contributed by atoms with Crippen LogP contribution in [0, 0.1) is 6.92 Å². The second-order valence-corrected chi connectivity index (χ2v) is 5.87. The number of rotatable bonds is 2. The maximum absolute atomic E-state index is 4.29. The third-order valence-electron chi connectivity index (χ3n) is 3.42. The number of aromatic nitrogens is 2. The summed E-state index contributed by atoms with van der Waals surface area (Å²) >= 11 is 0. The number of likely N-dealkylation sites (tertiary alicyclic amines) is 1. The van der Waals surface area contributed by atoms with E-state index in [0.29, 0.717) is 6.04 Å². The van der Waals surface area contributed by atoms with Crippen LogP contribution in [-0.4, -0.2) is 32.6 Å². The van der Waals surface area contributed by atoms with Crippen molar-refractivity contribution in [2.45, 2.75) is 58.7 Å². The summed E-state index contributed by atoms with van der Waals surface area (Å²) in [5, 5.41) is 0. The van der Waals surface area contributed by atoms with Crippen LogP contribution in [0.4, 0.5) is 0 Å². The zero-order valence-electron chi connectivity index (χ0n) is 10.9. The summed E-state index contributed by atoms with van der Waals surface area (Å²) in [7, 11) is 0. The minimum atomic E-state index is 0.288. The normalized spacial score (nSPS) is 22.9. The van der Waals surface area contributed by atoms with Crippen molar-refractivity contribution < 1.29 is 0 Å². The predicted molar refractivity (Wildman–Crippen MR) is 66.4 cm³/mol. The Morgan fingerprint density at radius 1 is 1.44 bits per heavy atom. The van der Waals surface area contributed by atoms with E-state index >= 15 is 0 Å². The predicted octanol–water partition coefficient (Wildman–Crippen LogP) is 2.45. The lowest BCUT2D eigenvalue weighted by Crippen LogP contribution is -2.45. The maximum Gasteiger partial charge on any atom is 0.0949 e. The monoisotopic (exact) mass is 221 g/mol. The van der Waals surface area contributed by atoms with Crippen LogP contribution in [0.1, 0.15) is 39.3 Å². The molecule has 0 radical (unpaired) electrons. The second-order valence-electron chi connectivity index (χ2n) is 5.87. The van der Waals surface area contributed by atoms with Gasteiger partial charge in [-0.3, -0.25) is 4.90 Å². The van der Waals surface area contributed by atoms with Gasteiger partial charge in [-0.2, -0.15) is 0 Å². The first-order valence-corrected chi connectivity index (χ1v) is 6.22. The van der Waals surface area contributed by atoms with Crippen molar-refractivity contribution in [3.63, 3.8) is 0 Å². The highest BCUT2D eigenvalue weighted by atomic mass is 15.3. The van der Waals surface area contributed by atoms with E-state index in [9.17, 15) is 0 Å². The van der Waals surface area contributed by atoms with Gasteiger partial charge in [-0.25, -0.2) is 4.98 Å². The second kappa shape index (κ2) is 4.21. The van der Waals surface area contributed by atoms with Gasteiger partial charge in [-0.1, -0.05) is 0 Å². The zero-order chi connectivity index (χ0) is 11.8. The van der Waals surface area contributed by atoms with Crippen LogP contribution >= 0.6 is 0 Å². The van der Waals surface area contributed by atoms with Crippen LogP contribution < -0.4 is 0 Å². The van der Waals surface area contributed by atoms with Crippen molar-refractivity contribution in [3.8, 4) is 0 Å². The number of aryl methyl sites for hydroxylation is 1. The van der Waals surface area contributed by atoms with E-state index in [0.717, 1.165) is 12.2 Å². The molecule has 90 valence electrons. The molecule has 0 N–H and O–H groups in total. The standard InChI is InChI=1S/C13H23N3/c1-11-8-15(10-14-11)9-12-6-5-7-16(12)13(2,3)4/h8,10,12H,5-7,9H2,1-4H3. The number of hydrogen-bond acceptors (Lipinski definition) is 2. The molecule has 1 aromatic heterocycles. The van der Waals surface area contributed by atoms with Gasteiger partial charge in [-0.15, -0.1) is 0 Å². The summed E-state index contributed by atoms with van der Waals surface area (Å²) < 4.78 is 2.23. The third kappa shape index (κ3) is 2.46. The molecule has 1 fully saturated rings. The minimum Gasteiger partial charge on any atom is -0.336 e. The molecule has 0 bridgehead atoms. The lowest BCUT2D eigenvalue weighted by Gasteiger charge is -2.37. The first kappa shape index (κ1) is 11.6. The van der Waals surface area contributed by atoms with Crippen LogP contribution in [0.5, 0.6) is 0 Å². The summed E-state index contributed by atoms with van der Waals surface area (Å²) in [6.45, 7) is 11.3. The highest BCUT2D eigenvalue weighted by Gasteiger charge is 2.32. The van der Waals surface area contributed by atoms with Crippen LogP contribution in [0.25, 0.3) is 0 Å². The van der Waals surface area contributed by atoms with E-state index in [-0.39, 0.29) is 5.54 Å². The van der Waals surface area contributed by atoms with Gasteiger partial charge in [-0.05, 0) is 47.1 Å². The fraction of sp³-hybridized carbons (Fsp3) is 0.769. The molecule has 1 unspecified atom stereocenters. The van der Waals surface area contributed by atoms with E-state index in [1.807, 2.05) is 13.3 Å². The number of hydrogen-bond donors (Lipinski definition) is 0. The summed E-state index contributed by atoms with van der Waals surface area (Å²) in [4.78, 5) is 6.92. The van der Waals surface area contributed by atoms with E-state index in [2.05, 4.69) is 41.4 Å². The molecule has 0 aromatic carbocycles. The van der Waals surface area contributed by atoms with Crippen molar-refractivity contribution in [3.05, 3.63) is 18.2 Å². The first-order valence-electron chi connectivity index (χ1n) is 6.22. The molecule has 2 rings (SSSR count). The number of nitrogens with zero attached hydrogens (tertiary/aromatic N) is 3. The lowest BCUT2D eigenvalue weighted by atomic mass is 10.0. The van der Waals surface area contributed by atoms with Gasteiger partial charge in [0, 0.05) is 24.3 Å². The lowest BCUT2D eigenvalue weighted by molar-refractivity contribution is 0.111.